The molecule has 4 heteroatoms. The summed E-state index contributed by atoms with van der Waals surface area (Å²) in [5.41, 5.74) is 5.40. The van der Waals surface area contributed by atoms with Crippen molar-refractivity contribution in [2.75, 3.05) is 13.1 Å². The fraction of sp³-hybridized carbons (Fsp3) is 0.917. The highest BCUT2D eigenvalue weighted by molar-refractivity contribution is 7.80. The Morgan fingerprint density at radius 3 is 2.12 bits per heavy atom. The summed E-state index contributed by atoms with van der Waals surface area (Å²) < 4.78 is 6.04. The van der Waals surface area contributed by atoms with Gasteiger partial charge >= 0.3 is 0 Å². The molecule has 0 aliphatic carbocycles. The van der Waals surface area contributed by atoms with E-state index in [1.54, 1.807) is 0 Å². The smallest absolute Gasteiger partial charge is 0.0760 e. The lowest BCUT2D eigenvalue weighted by molar-refractivity contribution is -0.186. The van der Waals surface area contributed by atoms with Crippen LogP contribution in [0.4, 0.5) is 0 Å². The van der Waals surface area contributed by atoms with Gasteiger partial charge in [0, 0.05) is 25.6 Å². The first-order chi connectivity index (χ1) is 7.11. The van der Waals surface area contributed by atoms with Crippen molar-refractivity contribution < 1.29 is 4.74 Å². The maximum Gasteiger partial charge on any atom is 0.0760 e. The molecule has 1 atom stereocenters. The summed E-state index contributed by atoms with van der Waals surface area (Å²) in [4.78, 5) is 3.01. The molecule has 0 saturated carbocycles. The predicted octanol–water partition coefficient (Wildman–Crippen LogP) is 1.94. The molecule has 0 aromatic heterocycles. The molecule has 1 saturated heterocycles. The fourth-order valence-corrected chi connectivity index (χ4v) is 2.82. The van der Waals surface area contributed by atoms with Crippen molar-refractivity contribution in [2.45, 2.75) is 58.3 Å². The summed E-state index contributed by atoms with van der Waals surface area (Å²) in [7, 11) is 0. The van der Waals surface area contributed by atoms with E-state index in [-0.39, 0.29) is 11.2 Å². The maximum atomic E-state index is 6.04. The van der Waals surface area contributed by atoms with Crippen LogP contribution in [0.25, 0.3) is 0 Å². The van der Waals surface area contributed by atoms with Gasteiger partial charge in [0.15, 0.2) is 0 Å². The van der Waals surface area contributed by atoms with Crippen LogP contribution in [-0.4, -0.2) is 40.2 Å². The van der Waals surface area contributed by atoms with Crippen LogP contribution in [0.3, 0.4) is 0 Å². The Morgan fingerprint density at radius 2 is 1.75 bits per heavy atom. The number of thiocarbonyl (C=S) groups is 1. The molecule has 16 heavy (non-hydrogen) atoms. The molecule has 0 aromatic carbocycles. The van der Waals surface area contributed by atoms with Crippen LogP contribution in [0.15, 0.2) is 0 Å². The van der Waals surface area contributed by atoms with E-state index in [1.165, 1.54) is 0 Å². The molecule has 1 unspecified atom stereocenters. The molecule has 94 valence electrons. The maximum absolute atomic E-state index is 6.04. The van der Waals surface area contributed by atoms with E-state index in [4.69, 9.17) is 22.7 Å². The molecule has 1 heterocycles. The summed E-state index contributed by atoms with van der Waals surface area (Å²) in [5.74, 6) is 0. The molecule has 2 N–H and O–H groups in total. The minimum atomic E-state index is -0.105. The van der Waals surface area contributed by atoms with Crippen molar-refractivity contribution >= 4 is 17.2 Å². The minimum absolute atomic E-state index is 0.105. The number of hydrogen-bond acceptors (Lipinski definition) is 3. The van der Waals surface area contributed by atoms with Crippen LogP contribution >= 0.6 is 12.2 Å². The zero-order chi connectivity index (χ0) is 12.6. The minimum Gasteiger partial charge on any atom is -0.393 e. The van der Waals surface area contributed by atoms with Gasteiger partial charge in [0.2, 0.25) is 0 Å². The van der Waals surface area contributed by atoms with Gasteiger partial charge in [-0.2, -0.15) is 0 Å². The Labute approximate surface area is 104 Å². The van der Waals surface area contributed by atoms with Gasteiger partial charge in [-0.1, -0.05) is 12.2 Å². The second-order valence-electron chi connectivity index (χ2n) is 6.05. The summed E-state index contributed by atoms with van der Waals surface area (Å²) in [5, 5.41) is 0. The average molecular weight is 244 g/mol. The van der Waals surface area contributed by atoms with Crippen LogP contribution in [0, 0.1) is 0 Å². The van der Waals surface area contributed by atoms with Gasteiger partial charge in [-0.25, -0.2) is 0 Å². The predicted molar refractivity (Wildman–Crippen MR) is 71.7 cm³/mol. The second-order valence-corrected chi connectivity index (χ2v) is 6.57. The zero-order valence-electron chi connectivity index (χ0n) is 11.0. The van der Waals surface area contributed by atoms with E-state index in [0.29, 0.717) is 11.0 Å². The number of morpholine rings is 1. The molecule has 0 bridgehead atoms. The van der Waals surface area contributed by atoms with Gasteiger partial charge in [0.1, 0.15) is 0 Å². The Kier molecular flexibility index (Phi) is 3.98. The van der Waals surface area contributed by atoms with Crippen LogP contribution in [0.2, 0.25) is 0 Å². The van der Waals surface area contributed by atoms with Gasteiger partial charge in [0.05, 0.1) is 16.2 Å². The van der Waals surface area contributed by atoms with Crippen LogP contribution in [0.1, 0.15) is 41.0 Å². The average Bonchev–Trinajstić information content (AvgIpc) is 1.96. The number of hydrogen-bond donors (Lipinski definition) is 1. The Morgan fingerprint density at radius 1 is 1.31 bits per heavy atom. The number of nitrogens with two attached hydrogens (primary N) is 1. The van der Waals surface area contributed by atoms with Gasteiger partial charge in [-0.3, -0.25) is 4.90 Å². The molecule has 1 fully saturated rings. The Hall–Kier alpha value is -0.190. The third kappa shape index (κ3) is 4.00. The highest BCUT2D eigenvalue weighted by Gasteiger charge is 2.39. The lowest BCUT2D eigenvalue weighted by Crippen LogP contribution is -2.59. The van der Waals surface area contributed by atoms with Gasteiger partial charge in [0.25, 0.3) is 0 Å². The second kappa shape index (κ2) is 4.59. The monoisotopic (exact) mass is 244 g/mol. The lowest BCUT2D eigenvalue weighted by atomic mass is 9.97. The quantitative estimate of drug-likeness (QED) is 0.770. The van der Waals surface area contributed by atoms with Crippen LogP contribution < -0.4 is 5.73 Å². The van der Waals surface area contributed by atoms with Crippen molar-refractivity contribution in [3.05, 3.63) is 0 Å². The summed E-state index contributed by atoms with van der Waals surface area (Å²) in [6, 6.07) is 0.389. The van der Waals surface area contributed by atoms with Gasteiger partial charge in [-0.05, 0) is 34.6 Å². The van der Waals surface area contributed by atoms with Gasteiger partial charge < -0.3 is 10.5 Å². The number of ether oxygens (including phenoxy) is 1. The number of nitrogens with zero attached hydrogens (tertiary/aromatic N) is 1. The summed E-state index contributed by atoms with van der Waals surface area (Å²) in [6.07, 6.45) is 0.779. The SMILES string of the molecule is CC(CC(N)=S)N1CC(C)(C)OC(C)(C)C1. The van der Waals surface area contributed by atoms with E-state index in [2.05, 4.69) is 39.5 Å². The third-order valence-electron chi connectivity index (χ3n) is 2.84. The summed E-state index contributed by atoms with van der Waals surface area (Å²) in [6.45, 7) is 12.6. The zero-order valence-corrected chi connectivity index (χ0v) is 11.9. The molecule has 0 spiro atoms. The van der Waals surface area contributed by atoms with Crippen molar-refractivity contribution in [1.29, 1.82) is 0 Å². The van der Waals surface area contributed by atoms with E-state index >= 15 is 0 Å². The first kappa shape index (κ1) is 13.9. The molecular weight excluding hydrogens is 220 g/mol. The Balaban J connectivity index is 2.70. The normalized spacial score (nSPS) is 26.3. The molecule has 1 aliphatic rings. The third-order valence-corrected chi connectivity index (χ3v) is 3.01. The Bertz CT molecular complexity index is 260. The first-order valence-corrected chi connectivity index (χ1v) is 6.25. The van der Waals surface area contributed by atoms with E-state index < -0.39 is 0 Å². The molecule has 3 nitrogen and oxygen atoms in total. The van der Waals surface area contributed by atoms with Crippen LogP contribution in [0.5, 0.6) is 0 Å². The highest BCUT2D eigenvalue weighted by atomic mass is 32.1. The summed E-state index contributed by atoms with van der Waals surface area (Å²) >= 11 is 4.98. The molecule has 1 aliphatic heterocycles. The van der Waals surface area contributed by atoms with Crippen molar-refractivity contribution in [3.8, 4) is 0 Å². The lowest BCUT2D eigenvalue weighted by Gasteiger charge is -2.49. The van der Waals surface area contributed by atoms with E-state index in [1.807, 2.05) is 0 Å². The van der Waals surface area contributed by atoms with Crippen molar-refractivity contribution in [3.63, 3.8) is 0 Å². The van der Waals surface area contributed by atoms with Crippen molar-refractivity contribution in [1.82, 2.24) is 4.90 Å². The largest absolute Gasteiger partial charge is 0.393 e. The fourth-order valence-electron chi connectivity index (χ4n) is 2.58. The molecule has 1 rings (SSSR count). The van der Waals surface area contributed by atoms with E-state index in [9.17, 15) is 0 Å². The topological polar surface area (TPSA) is 38.5 Å². The van der Waals surface area contributed by atoms with E-state index in [0.717, 1.165) is 19.5 Å². The standard InChI is InChI=1S/C12H24N2OS/c1-9(6-10(13)16)14-7-11(2,3)15-12(4,5)8-14/h9H,6-8H2,1-5H3,(H2,13,16). The molecule has 0 radical (unpaired) electrons. The van der Waals surface area contributed by atoms with Crippen LogP contribution in [-0.2, 0) is 4.74 Å². The molecule has 0 amide bonds. The molecular formula is C12H24N2OS. The first-order valence-electron chi connectivity index (χ1n) is 5.84. The van der Waals surface area contributed by atoms with Gasteiger partial charge in [-0.15, -0.1) is 0 Å². The number of rotatable bonds is 3. The van der Waals surface area contributed by atoms with Crippen molar-refractivity contribution in [2.24, 2.45) is 5.73 Å². The highest BCUT2D eigenvalue weighted by Crippen LogP contribution is 2.29. The molecule has 0 aromatic rings.